The minimum Gasteiger partial charge on any atom is -0.377 e. The van der Waals surface area contributed by atoms with Crippen molar-refractivity contribution in [2.75, 3.05) is 7.11 Å². The molecule has 17 heavy (non-hydrogen) atoms. The molecule has 6 nitrogen and oxygen atoms in total. The number of hydrogen-bond acceptors (Lipinski definition) is 5. The summed E-state index contributed by atoms with van der Waals surface area (Å²) in [6.07, 6.45) is -4.73. The third kappa shape index (κ3) is 3.63. The molecule has 98 valence electrons. The molecular formula is C6H7F4N3O3S. The predicted molar refractivity (Wildman–Crippen MR) is 45.1 cm³/mol. The van der Waals surface area contributed by atoms with E-state index in [-0.39, 0.29) is 4.57 Å². The van der Waals surface area contributed by atoms with Gasteiger partial charge >= 0.3 is 16.4 Å². The first-order valence-corrected chi connectivity index (χ1v) is 5.46. The summed E-state index contributed by atoms with van der Waals surface area (Å²) in [6, 6.07) is 0. The second-order valence-corrected chi connectivity index (χ2v) is 4.21. The fourth-order valence-electron chi connectivity index (χ4n) is 1.07. The van der Waals surface area contributed by atoms with Crippen LogP contribution < -0.4 is 0 Å². The van der Waals surface area contributed by atoms with E-state index in [1.807, 2.05) is 0 Å². The van der Waals surface area contributed by atoms with Gasteiger partial charge in [-0.25, -0.2) is 0 Å². The Hall–Kier alpha value is -1.23. The van der Waals surface area contributed by atoms with Crippen LogP contribution in [0, 0.1) is 0 Å². The Morgan fingerprint density at radius 3 is 2.35 bits per heavy atom. The van der Waals surface area contributed by atoms with E-state index < -0.39 is 40.5 Å². The van der Waals surface area contributed by atoms with Gasteiger partial charge in [0, 0.05) is 7.11 Å². The Bertz CT molecular complexity index is 495. The maximum absolute atomic E-state index is 12.7. The second kappa shape index (κ2) is 4.56. The first-order valence-electron chi connectivity index (χ1n) is 4.07. The number of hydrogen-bond donors (Lipinski definition) is 0. The molecule has 0 aliphatic carbocycles. The van der Waals surface area contributed by atoms with E-state index in [9.17, 15) is 25.5 Å². The number of rotatable bonds is 4. The predicted octanol–water partition coefficient (Wildman–Crippen LogP) is 0.645. The fourth-order valence-corrected chi connectivity index (χ4v) is 1.64. The van der Waals surface area contributed by atoms with Gasteiger partial charge in [0.1, 0.15) is 13.2 Å². The van der Waals surface area contributed by atoms with Gasteiger partial charge in [0.05, 0.1) is 0 Å². The summed E-state index contributed by atoms with van der Waals surface area (Å²) in [6.45, 7) is -2.13. The average Bonchev–Trinajstić information content (AvgIpc) is 2.45. The summed E-state index contributed by atoms with van der Waals surface area (Å²) in [4.78, 5) is 0. The topological polar surface area (TPSA) is 74.1 Å². The molecule has 0 fully saturated rings. The number of aromatic nitrogens is 3. The van der Waals surface area contributed by atoms with Crippen molar-refractivity contribution in [2.24, 2.45) is 0 Å². The standard InChI is InChI=1S/C6H7F4N3O3S/c1-16-2-4-11-12-5(17(10,14)15)13(4)3-6(7,8)9/h2-3H2,1H3. The molecular weight excluding hydrogens is 270 g/mol. The lowest BCUT2D eigenvalue weighted by Crippen LogP contribution is -2.22. The SMILES string of the molecule is COCc1nnc(S(=O)(=O)F)n1CC(F)(F)F. The highest BCUT2D eigenvalue weighted by Gasteiger charge is 2.34. The first kappa shape index (κ1) is 13.8. The Morgan fingerprint density at radius 2 is 1.94 bits per heavy atom. The van der Waals surface area contributed by atoms with E-state index in [1.165, 1.54) is 0 Å². The molecule has 1 aromatic heterocycles. The molecule has 0 unspecified atom stereocenters. The highest BCUT2D eigenvalue weighted by molar-refractivity contribution is 7.86. The Balaban J connectivity index is 3.25. The molecule has 0 atom stereocenters. The molecule has 1 aromatic rings. The summed E-state index contributed by atoms with van der Waals surface area (Å²) in [5.74, 6) is -0.430. The molecule has 0 saturated carbocycles. The molecule has 0 bridgehead atoms. The molecule has 0 N–H and O–H groups in total. The third-order valence-corrected chi connectivity index (χ3v) is 2.36. The van der Waals surface area contributed by atoms with Crippen LogP contribution >= 0.6 is 0 Å². The third-order valence-electron chi connectivity index (χ3n) is 1.62. The molecule has 0 aliphatic heterocycles. The van der Waals surface area contributed by atoms with Crippen molar-refractivity contribution in [1.29, 1.82) is 0 Å². The van der Waals surface area contributed by atoms with E-state index in [4.69, 9.17) is 0 Å². The lowest BCUT2D eigenvalue weighted by Gasteiger charge is -2.10. The van der Waals surface area contributed by atoms with Gasteiger partial charge in [-0.05, 0) is 0 Å². The van der Waals surface area contributed by atoms with Crippen LogP contribution in [0.25, 0.3) is 0 Å². The normalized spacial score (nSPS) is 13.0. The molecule has 0 radical (unpaired) electrons. The van der Waals surface area contributed by atoms with Crippen LogP contribution in [0.2, 0.25) is 0 Å². The number of ether oxygens (including phenoxy) is 1. The van der Waals surface area contributed by atoms with Crippen LogP contribution in [-0.4, -0.2) is 36.5 Å². The highest BCUT2D eigenvalue weighted by atomic mass is 32.3. The van der Waals surface area contributed by atoms with Crippen molar-refractivity contribution in [3.8, 4) is 0 Å². The van der Waals surface area contributed by atoms with Gasteiger partial charge in [0.2, 0.25) is 0 Å². The van der Waals surface area contributed by atoms with Crippen molar-refractivity contribution in [3.63, 3.8) is 0 Å². The van der Waals surface area contributed by atoms with Gasteiger partial charge in [0.25, 0.3) is 5.16 Å². The largest absolute Gasteiger partial charge is 0.406 e. The van der Waals surface area contributed by atoms with Crippen LogP contribution in [0.1, 0.15) is 5.82 Å². The van der Waals surface area contributed by atoms with E-state index in [1.54, 1.807) is 0 Å². The summed E-state index contributed by atoms with van der Waals surface area (Å²) in [5, 5.41) is 4.60. The van der Waals surface area contributed by atoms with Gasteiger partial charge in [-0.3, -0.25) is 4.57 Å². The maximum Gasteiger partial charge on any atom is 0.406 e. The van der Waals surface area contributed by atoms with Gasteiger partial charge in [0.15, 0.2) is 5.82 Å². The molecule has 0 aliphatic rings. The van der Waals surface area contributed by atoms with Crippen LogP contribution in [0.15, 0.2) is 5.16 Å². The molecule has 0 aromatic carbocycles. The van der Waals surface area contributed by atoms with Crippen LogP contribution in [0.3, 0.4) is 0 Å². The lowest BCUT2D eigenvalue weighted by molar-refractivity contribution is -0.142. The molecule has 0 saturated heterocycles. The molecule has 0 spiro atoms. The monoisotopic (exact) mass is 277 g/mol. The zero-order valence-electron chi connectivity index (χ0n) is 8.40. The average molecular weight is 277 g/mol. The van der Waals surface area contributed by atoms with Gasteiger partial charge < -0.3 is 4.74 Å². The smallest absolute Gasteiger partial charge is 0.377 e. The minimum absolute atomic E-state index is 0.110. The number of nitrogens with zero attached hydrogens (tertiary/aromatic N) is 3. The van der Waals surface area contributed by atoms with E-state index >= 15 is 0 Å². The summed E-state index contributed by atoms with van der Waals surface area (Å²) < 4.78 is 74.9. The van der Waals surface area contributed by atoms with Crippen molar-refractivity contribution in [1.82, 2.24) is 14.8 Å². The molecule has 1 heterocycles. The van der Waals surface area contributed by atoms with E-state index in [0.29, 0.717) is 0 Å². The van der Waals surface area contributed by atoms with Crippen molar-refractivity contribution in [2.45, 2.75) is 24.5 Å². The first-order chi connectivity index (χ1) is 7.65. The Labute approximate surface area is 93.4 Å². The number of alkyl halides is 3. The van der Waals surface area contributed by atoms with Gasteiger partial charge in [-0.1, -0.05) is 3.89 Å². The van der Waals surface area contributed by atoms with Crippen LogP contribution in [-0.2, 0) is 28.1 Å². The minimum atomic E-state index is -5.37. The summed E-state index contributed by atoms with van der Waals surface area (Å²) in [7, 11) is -4.21. The van der Waals surface area contributed by atoms with Crippen molar-refractivity contribution >= 4 is 10.2 Å². The van der Waals surface area contributed by atoms with Gasteiger partial charge in [-0.15, -0.1) is 10.2 Å². The quantitative estimate of drug-likeness (QED) is 0.596. The van der Waals surface area contributed by atoms with Crippen molar-refractivity contribution < 1.29 is 30.2 Å². The van der Waals surface area contributed by atoms with E-state index in [0.717, 1.165) is 7.11 Å². The second-order valence-electron chi connectivity index (χ2n) is 2.97. The number of halogens is 4. The lowest BCUT2D eigenvalue weighted by atomic mass is 10.5. The number of methoxy groups -OCH3 is 1. The van der Waals surface area contributed by atoms with E-state index in [2.05, 4.69) is 14.9 Å². The van der Waals surface area contributed by atoms with Crippen LogP contribution in [0.4, 0.5) is 17.1 Å². The van der Waals surface area contributed by atoms with Crippen molar-refractivity contribution in [3.05, 3.63) is 5.82 Å². The fraction of sp³-hybridized carbons (Fsp3) is 0.667. The molecule has 11 heteroatoms. The zero-order chi connectivity index (χ0) is 13.3. The van der Waals surface area contributed by atoms with Gasteiger partial charge in [-0.2, -0.15) is 21.6 Å². The zero-order valence-corrected chi connectivity index (χ0v) is 9.22. The summed E-state index contributed by atoms with van der Waals surface area (Å²) in [5.41, 5.74) is 0. The maximum atomic E-state index is 12.7. The highest BCUT2D eigenvalue weighted by Crippen LogP contribution is 2.22. The Kier molecular flexibility index (Phi) is 3.71. The Morgan fingerprint density at radius 1 is 1.35 bits per heavy atom. The van der Waals surface area contributed by atoms with Crippen LogP contribution in [0.5, 0.6) is 0 Å². The molecule has 0 amide bonds. The molecule has 1 rings (SSSR count). The summed E-state index contributed by atoms with van der Waals surface area (Å²) >= 11 is 0.